The number of carbonyl (C=O) groups excluding carboxylic acids is 1. The van der Waals surface area contributed by atoms with Crippen molar-refractivity contribution in [3.05, 3.63) is 58.9 Å². The highest BCUT2D eigenvalue weighted by Gasteiger charge is 2.36. The molecular formula is C26H35F3N6O6P+. The van der Waals surface area contributed by atoms with Crippen molar-refractivity contribution in [3.8, 4) is 5.75 Å². The number of methoxy groups -OCH3 is 1. The fourth-order valence-corrected chi connectivity index (χ4v) is 5.81. The van der Waals surface area contributed by atoms with Gasteiger partial charge in [-0.15, -0.1) is 0 Å². The van der Waals surface area contributed by atoms with Gasteiger partial charge in [-0.25, -0.2) is 9.82 Å². The van der Waals surface area contributed by atoms with Gasteiger partial charge in [0.25, 0.3) is 5.91 Å². The summed E-state index contributed by atoms with van der Waals surface area (Å²) in [5.41, 5.74) is 2.21. The van der Waals surface area contributed by atoms with E-state index in [9.17, 15) is 22.5 Å². The maximum absolute atomic E-state index is 13.8. The minimum atomic E-state index is -4.75. The summed E-state index contributed by atoms with van der Waals surface area (Å²) in [7, 11) is 1.11. The van der Waals surface area contributed by atoms with E-state index in [-0.39, 0.29) is 37.8 Å². The monoisotopic (exact) mass is 615 g/mol. The first-order valence-electron chi connectivity index (χ1n) is 12.9. The van der Waals surface area contributed by atoms with Crippen LogP contribution < -0.4 is 20.9 Å². The van der Waals surface area contributed by atoms with E-state index in [0.29, 0.717) is 40.9 Å². The first-order valence-corrected chi connectivity index (χ1v) is 14.7. The molecule has 0 saturated carbocycles. The van der Waals surface area contributed by atoms with E-state index < -0.39 is 25.2 Å². The topological polar surface area (TPSA) is 141 Å². The number of ether oxygens (including phenoxy) is 1. The lowest BCUT2D eigenvalue weighted by Crippen LogP contribution is -2.75. The summed E-state index contributed by atoms with van der Waals surface area (Å²) in [5, 5.41) is 5.53. The molecule has 1 aromatic heterocycles. The second-order valence-electron chi connectivity index (χ2n) is 8.97. The van der Waals surface area contributed by atoms with Gasteiger partial charge in [0.05, 0.1) is 39.3 Å². The van der Waals surface area contributed by atoms with Crippen LogP contribution in [0.1, 0.15) is 25.0 Å². The van der Waals surface area contributed by atoms with Crippen LogP contribution in [0, 0.1) is 0 Å². The van der Waals surface area contributed by atoms with E-state index in [1.807, 2.05) is 0 Å². The Morgan fingerprint density at radius 3 is 2.52 bits per heavy atom. The number of amides is 1. The Morgan fingerprint density at radius 2 is 1.90 bits per heavy atom. The van der Waals surface area contributed by atoms with Gasteiger partial charge in [-0.3, -0.25) is 9.36 Å². The number of likely N-dealkylation sites (N-methyl/N-ethyl adjacent to an activating group) is 1. The van der Waals surface area contributed by atoms with Crippen LogP contribution in [0.2, 0.25) is 0 Å². The number of quaternary nitrogens is 1. The predicted octanol–water partition coefficient (Wildman–Crippen LogP) is 3.83. The van der Waals surface area contributed by atoms with Gasteiger partial charge in [-0.2, -0.15) is 23.6 Å². The SMILES string of the molecule is CCOP(=O)(Cc1ccc(Nc2ncc(C(F)(F)F)c(NCC3=C(/C=C\[NH2+]OC)CN(C)C3=O)n2)c(OC)c1)OCC. The molecule has 1 aliphatic heterocycles. The van der Waals surface area contributed by atoms with E-state index in [0.717, 1.165) is 0 Å². The average Bonchev–Trinajstić information content (AvgIpc) is 3.20. The highest BCUT2D eigenvalue weighted by atomic mass is 31.2. The molecule has 0 aliphatic carbocycles. The maximum Gasteiger partial charge on any atom is 0.421 e. The van der Waals surface area contributed by atoms with Gasteiger partial charge in [0.15, 0.2) is 0 Å². The van der Waals surface area contributed by atoms with Gasteiger partial charge < -0.3 is 29.3 Å². The molecule has 1 aromatic carbocycles. The summed E-state index contributed by atoms with van der Waals surface area (Å²) in [6.07, 6.45) is -0.834. The Hall–Kier alpha value is -3.49. The lowest BCUT2D eigenvalue weighted by atomic mass is 10.1. The lowest BCUT2D eigenvalue weighted by Gasteiger charge is -2.18. The quantitative estimate of drug-likeness (QED) is 0.200. The number of nitrogens with two attached hydrogens (primary N) is 1. The Labute approximate surface area is 241 Å². The summed E-state index contributed by atoms with van der Waals surface area (Å²) < 4.78 is 70.5. The number of nitrogens with one attached hydrogen (secondary N) is 2. The number of alkyl halides is 3. The van der Waals surface area contributed by atoms with Crippen LogP contribution in [0.3, 0.4) is 0 Å². The molecule has 0 saturated heterocycles. The van der Waals surface area contributed by atoms with Crippen LogP contribution in [0.25, 0.3) is 0 Å². The van der Waals surface area contributed by atoms with Gasteiger partial charge in [0, 0.05) is 31.9 Å². The van der Waals surface area contributed by atoms with Crippen LogP contribution >= 0.6 is 7.60 Å². The molecule has 42 heavy (non-hydrogen) atoms. The molecule has 230 valence electrons. The molecule has 0 atom stereocenters. The number of nitrogens with zero attached hydrogens (tertiary/aromatic N) is 3. The molecule has 16 heteroatoms. The third-order valence-corrected chi connectivity index (χ3v) is 8.03. The second kappa shape index (κ2) is 14.6. The Morgan fingerprint density at radius 1 is 1.19 bits per heavy atom. The van der Waals surface area contributed by atoms with Gasteiger partial charge in [0.1, 0.15) is 23.3 Å². The van der Waals surface area contributed by atoms with Crippen LogP contribution in [-0.4, -0.2) is 68.3 Å². The smallest absolute Gasteiger partial charge is 0.421 e. The van der Waals surface area contributed by atoms with Crippen LogP contribution in [-0.2, 0) is 35.6 Å². The fourth-order valence-electron chi connectivity index (χ4n) is 4.13. The van der Waals surface area contributed by atoms with Crippen molar-refractivity contribution in [3.63, 3.8) is 0 Å². The predicted molar refractivity (Wildman–Crippen MR) is 149 cm³/mol. The largest absolute Gasteiger partial charge is 0.495 e. The summed E-state index contributed by atoms with van der Waals surface area (Å²) in [5.74, 6) is -0.668. The van der Waals surface area contributed by atoms with Crippen LogP contribution in [0.4, 0.5) is 30.6 Å². The minimum absolute atomic E-state index is 0.000599. The molecule has 1 aliphatic rings. The molecule has 0 fully saturated rings. The summed E-state index contributed by atoms with van der Waals surface area (Å²) in [6, 6.07) is 4.86. The number of hydrogen-bond donors (Lipinski definition) is 3. The van der Waals surface area contributed by atoms with Crippen molar-refractivity contribution < 1.29 is 46.6 Å². The molecule has 0 bridgehead atoms. The van der Waals surface area contributed by atoms with Crippen molar-refractivity contribution in [2.24, 2.45) is 0 Å². The lowest BCUT2D eigenvalue weighted by molar-refractivity contribution is -0.842. The number of rotatable bonds is 15. The van der Waals surface area contributed by atoms with Crippen molar-refractivity contribution in [2.75, 3.05) is 58.2 Å². The van der Waals surface area contributed by atoms with Crippen LogP contribution in [0.5, 0.6) is 5.75 Å². The molecule has 0 unspecified atom stereocenters. The highest BCUT2D eigenvalue weighted by molar-refractivity contribution is 7.53. The van der Waals surface area contributed by atoms with Gasteiger partial charge in [-0.1, -0.05) is 6.07 Å². The highest BCUT2D eigenvalue weighted by Crippen LogP contribution is 2.51. The minimum Gasteiger partial charge on any atom is -0.495 e. The molecule has 4 N–H and O–H groups in total. The first kappa shape index (κ1) is 33.0. The van der Waals surface area contributed by atoms with E-state index in [2.05, 4.69) is 20.6 Å². The number of hydrogen-bond acceptors (Lipinski definition) is 10. The van der Waals surface area contributed by atoms with Crippen molar-refractivity contribution in [1.29, 1.82) is 0 Å². The Bertz CT molecular complexity index is 1360. The van der Waals surface area contributed by atoms with Crippen molar-refractivity contribution in [2.45, 2.75) is 26.2 Å². The van der Waals surface area contributed by atoms with Crippen molar-refractivity contribution in [1.82, 2.24) is 14.9 Å². The summed E-state index contributed by atoms with van der Waals surface area (Å²) in [4.78, 5) is 26.9. The van der Waals surface area contributed by atoms with Gasteiger partial charge >= 0.3 is 13.8 Å². The van der Waals surface area contributed by atoms with E-state index in [1.54, 1.807) is 51.4 Å². The molecule has 12 nitrogen and oxygen atoms in total. The van der Waals surface area contributed by atoms with Crippen molar-refractivity contribution >= 4 is 31.0 Å². The molecule has 2 heterocycles. The number of halogens is 3. The third-order valence-electron chi connectivity index (χ3n) is 5.98. The van der Waals surface area contributed by atoms with Gasteiger partial charge in [0.2, 0.25) is 5.95 Å². The molecule has 1 amide bonds. The van der Waals surface area contributed by atoms with Crippen LogP contribution in [0.15, 0.2) is 47.8 Å². The number of hydroxylamine groups is 1. The number of aromatic nitrogens is 2. The van der Waals surface area contributed by atoms with E-state index in [1.165, 1.54) is 24.6 Å². The molecule has 2 aromatic rings. The zero-order valence-electron chi connectivity index (χ0n) is 23.9. The van der Waals surface area contributed by atoms with E-state index >= 15 is 0 Å². The zero-order chi connectivity index (χ0) is 30.9. The fraction of sp³-hybridized carbons (Fsp3) is 0.423. The molecule has 0 radical (unpaired) electrons. The van der Waals surface area contributed by atoms with E-state index in [4.69, 9.17) is 18.6 Å². The average molecular weight is 616 g/mol. The third kappa shape index (κ3) is 8.52. The maximum atomic E-state index is 13.8. The second-order valence-corrected chi connectivity index (χ2v) is 11.0. The molecule has 3 rings (SSSR count). The normalized spacial score (nSPS) is 14.3. The summed E-state index contributed by atoms with van der Waals surface area (Å²) in [6.45, 7) is 3.95. The molecule has 0 spiro atoms. The van der Waals surface area contributed by atoms with Gasteiger partial charge in [-0.05, 0) is 43.2 Å². The Balaban J connectivity index is 1.88. The first-order chi connectivity index (χ1) is 19.9. The zero-order valence-corrected chi connectivity index (χ0v) is 24.8. The summed E-state index contributed by atoms with van der Waals surface area (Å²) >= 11 is 0. The number of benzene rings is 1. The Kier molecular flexibility index (Phi) is 11.5. The number of carbonyl (C=O) groups is 1. The standard InChI is InChI=1S/C26H34F3N6O6P/c1-6-40-42(37,41-7-2)16-17-8-9-21(22(12-17)38-4)33-25-31-14-20(26(27,28)29)23(34-25)30-13-19-18(10-11-32-39-5)15-35(3)24(19)36/h8-12,14,32H,6-7,13,15-16H2,1-5H3,(H2,30,31,33,34)/p+1/b11-10-. The number of anilines is 3. The molecular weight excluding hydrogens is 580 g/mol.